The fraction of sp³-hybridized carbons (Fsp3) is 0.529. The van der Waals surface area contributed by atoms with Crippen LogP contribution in [-0.4, -0.2) is 40.8 Å². The Balaban J connectivity index is 1.65. The van der Waals surface area contributed by atoms with Crippen LogP contribution in [0, 0.1) is 6.92 Å². The quantitative estimate of drug-likeness (QED) is 0.811. The highest BCUT2D eigenvalue weighted by Crippen LogP contribution is 2.30. The molecule has 1 saturated heterocycles. The zero-order valence-corrected chi connectivity index (χ0v) is 13.9. The number of rotatable bonds is 4. The number of esters is 1. The Morgan fingerprint density at radius 2 is 2.17 bits per heavy atom. The lowest BCUT2D eigenvalue weighted by Crippen LogP contribution is -2.36. The maximum Gasteiger partial charge on any atom is 0.374 e. The summed E-state index contributed by atoms with van der Waals surface area (Å²) in [6.45, 7) is 5.96. The molecular weight excluding hydrogens is 294 g/mol. The maximum absolute atomic E-state index is 11.7. The van der Waals surface area contributed by atoms with Crippen LogP contribution >= 0.6 is 0 Å². The topological polar surface area (TPSA) is 60.5 Å². The van der Waals surface area contributed by atoms with Crippen molar-refractivity contribution in [2.45, 2.75) is 38.8 Å². The summed E-state index contributed by atoms with van der Waals surface area (Å²) in [7, 11) is 1.37. The zero-order valence-electron chi connectivity index (χ0n) is 13.9. The van der Waals surface area contributed by atoms with Crippen molar-refractivity contribution in [3.05, 3.63) is 41.6 Å². The molecule has 0 radical (unpaired) electrons. The van der Waals surface area contributed by atoms with Crippen LogP contribution in [0.5, 0.6) is 0 Å². The van der Waals surface area contributed by atoms with Gasteiger partial charge in [0.25, 0.3) is 0 Å². The Kier molecular flexibility index (Phi) is 4.52. The number of piperidine rings is 1. The molecule has 23 heavy (non-hydrogen) atoms. The van der Waals surface area contributed by atoms with Crippen LogP contribution in [0.15, 0.2) is 28.9 Å². The van der Waals surface area contributed by atoms with Gasteiger partial charge in [-0.15, -0.1) is 0 Å². The molecule has 1 fully saturated rings. The number of aromatic nitrogens is 2. The number of ether oxygens (including phenoxy) is 1. The van der Waals surface area contributed by atoms with Gasteiger partial charge >= 0.3 is 5.97 Å². The van der Waals surface area contributed by atoms with Crippen LogP contribution < -0.4 is 0 Å². The van der Waals surface area contributed by atoms with Gasteiger partial charge in [-0.05, 0) is 38.8 Å². The third-order valence-corrected chi connectivity index (χ3v) is 4.67. The summed E-state index contributed by atoms with van der Waals surface area (Å²) >= 11 is 0. The second-order valence-corrected chi connectivity index (χ2v) is 6.08. The van der Waals surface area contributed by atoms with Crippen molar-refractivity contribution in [3.63, 3.8) is 0 Å². The lowest BCUT2D eigenvalue weighted by molar-refractivity contribution is 0.0555. The number of methoxy groups -OCH3 is 1. The molecule has 0 aliphatic carbocycles. The highest BCUT2D eigenvalue weighted by Gasteiger charge is 2.27. The van der Waals surface area contributed by atoms with E-state index in [0.717, 1.165) is 37.3 Å². The van der Waals surface area contributed by atoms with Crippen molar-refractivity contribution in [1.29, 1.82) is 0 Å². The van der Waals surface area contributed by atoms with E-state index in [-0.39, 0.29) is 6.04 Å². The summed E-state index contributed by atoms with van der Waals surface area (Å²) in [5.41, 5.74) is 0.824. The van der Waals surface area contributed by atoms with Crippen molar-refractivity contribution in [2.24, 2.45) is 0 Å². The molecule has 3 rings (SSSR count). The standard InChI is InChI=1S/C17H23N3O3/c1-12-11-15(23-16(12)17(21)22-3)13(2)19-9-5-14(6-10-19)20-8-4-7-18-20/h4,7-8,11,13-14H,5-6,9-10H2,1-3H3. The van der Waals surface area contributed by atoms with Crippen molar-refractivity contribution in [1.82, 2.24) is 14.7 Å². The summed E-state index contributed by atoms with van der Waals surface area (Å²) in [4.78, 5) is 14.1. The number of carbonyl (C=O) groups is 1. The van der Waals surface area contributed by atoms with E-state index in [1.165, 1.54) is 7.11 Å². The highest BCUT2D eigenvalue weighted by molar-refractivity contribution is 5.87. The summed E-state index contributed by atoms with van der Waals surface area (Å²) in [5.74, 6) is 0.708. The number of carbonyl (C=O) groups excluding carboxylic acids is 1. The van der Waals surface area contributed by atoms with E-state index < -0.39 is 5.97 Å². The normalized spacial score (nSPS) is 18.0. The molecule has 0 spiro atoms. The minimum Gasteiger partial charge on any atom is -0.463 e. The number of hydrogen-bond donors (Lipinski definition) is 0. The van der Waals surface area contributed by atoms with E-state index in [1.54, 1.807) is 0 Å². The first-order valence-corrected chi connectivity index (χ1v) is 8.02. The van der Waals surface area contributed by atoms with Crippen molar-refractivity contribution in [2.75, 3.05) is 20.2 Å². The fourth-order valence-corrected chi connectivity index (χ4v) is 3.22. The first kappa shape index (κ1) is 15.8. The minimum absolute atomic E-state index is 0.144. The van der Waals surface area contributed by atoms with Gasteiger partial charge in [0.05, 0.1) is 19.2 Å². The third-order valence-electron chi connectivity index (χ3n) is 4.67. The Morgan fingerprint density at radius 1 is 1.43 bits per heavy atom. The van der Waals surface area contributed by atoms with E-state index in [2.05, 4.69) is 21.6 Å². The van der Waals surface area contributed by atoms with Crippen molar-refractivity contribution < 1.29 is 13.9 Å². The Hall–Kier alpha value is -2.08. The number of nitrogens with zero attached hydrogens (tertiary/aromatic N) is 3. The molecule has 6 heteroatoms. The summed E-state index contributed by atoms with van der Waals surface area (Å²) in [6.07, 6.45) is 5.99. The molecule has 0 aromatic carbocycles. The molecule has 124 valence electrons. The molecule has 1 unspecified atom stereocenters. The van der Waals surface area contributed by atoms with Gasteiger partial charge in [-0.1, -0.05) is 0 Å². The molecular formula is C17H23N3O3. The van der Waals surface area contributed by atoms with E-state index in [9.17, 15) is 4.79 Å². The SMILES string of the molecule is COC(=O)c1oc(C(C)N2CCC(n3cccn3)CC2)cc1C. The largest absolute Gasteiger partial charge is 0.463 e. The van der Waals surface area contributed by atoms with Crippen LogP contribution in [0.2, 0.25) is 0 Å². The Labute approximate surface area is 136 Å². The molecule has 2 aromatic heterocycles. The van der Waals surface area contributed by atoms with Gasteiger partial charge in [0.1, 0.15) is 5.76 Å². The molecule has 0 N–H and O–H groups in total. The van der Waals surface area contributed by atoms with E-state index >= 15 is 0 Å². The Bertz CT molecular complexity index is 655. The average molecular weight is 317 g/mol. The van der Waals surface area contributed by atoms with Crippen LogP contribution in [0.3, 0.4) is 0 Å². The third kappa shape index (κ3) is 3.17. The first-order valence-electron chi connectivity index (χ1n) is 8.02. The second kappa shape index (κ2) is 6.58. The van der Waals surface area contributed by atoms with E-state index in [0.29, 0.717) is 11.8 Å². The molecule has 1 atom stereocenters. The first-order chi connectivity index (χ1) is 11.1. The zero-order chi connectivity index (χ0) is 16.4. The summed E-state index contributed by atoms with van der Waals surface area (Å²) in [5, 5.41) is 4.34. The second-order valence-electron chi connectivity index (χ2n) is 6.08. The molecule has 0 saturated carbocycles. The van der Waals surface area contributed by atoms with Gasteiger partial charge in [0, 0.05) is 31.0 Å². The molecule has 0 amide bonds. The number of furan rings is 1. The van der Waals surface area contributed by atoms with Gasteiger partial charge in [-0.25, -0.2) is 4.79 Å². The van der Waals surface area contributed by atoms with Crippen LogP contribution in [0.4, 0.5) is 0 Å². The molecule has 0 bridgehead atoms. The van der Waals surface area contributed by atoms with Crippen LogP contribution in [0.1, 0.15) is 53.7 Å². The maximum atomic E-state index is 11.7. The lowest BCUT2D eigenvalue weighted by Gasteiger charge is -2.35. The van der Waals surface area contributed by atoms with Crippen LogP contribution in [-0.2, 0) is 4.74 Å². The van der Waals surface area contributed by atoms with Crippen LogP contribution in [0.25, 0.3) is 0 Å². The van der Waals surface area contributed by atoms with Gasteiger partial charge in [-0.3, -0.25) is 9.58 Å². The average Bonchev–Trinajstić information content (AvgIpc) is 3.23. The number of hydrogen-bond acceptors (Lipinski definition) is 5. The Morgan fingerprint density at radius 3 is 2.78 bits per heavy atom. The summed E-state index contributed by atoms with van der Waals surface area (Å²) in [6, 6.07) is 4.52. The van der Waals surface area contributed by atoms with Crippen molar-refractivity contribution in [3.8, 4) is 0 Å². The predicted octanol–water partition coefficient (Wildman–Crippen LogP) is 2.97. The number of aryl methyl sites for hydroxylation is 1. The monoisotopic (exact) mass is 317 g/mol. The fourth-order valence-electron chi connectivity index (χ4n) is 3.22. The lowest BCUT2D eigenvalue weighted by atomic mass is 10.0. The molecule has 6 nitrogen and oxygen atoms in total. The van der Waals surface area contributed by atoms with Gasteiger partial charge in [-0.2, -0.15) is 5.10 Å². The van der Waals surface area contributed by atoms with Gasteiger partial charge < -0.3 is 9.15 Å². The highest BCUT2D eigenvalue weighted by atomic mass is 16.5. The summed E-state index contributed by atoms with van der Waals surface area (Å²) < 4.78 is 12.6. The molecule has 1 aliphatic heterocycles. The molecule has 3 heterocycles. The van der Waals surface area contributed by atoms with Gasteiger partial charge in [0.15, 0.2) is 0 Å². The smallest absolute Gasteiger partial charge is 0.374 e. The van der Waals surface area contributed by atoms with Crippen molar-refractivity contribution >= 4 is 5.97 Å². The van der Waals surface area contributed by atoms with E-state index in [4.69, 9.17) is 9.15 Å². The molecule has 1 aliphatic rings. The number of likely N-dealkylation sites (tertiary alicyclic amines) is 1. The molecule has 2 aromatic rings. The predicted molar refractivity (Wildman–Crippen MR) is 85.3 cm³/mol. The van der Waals surface area contributed by atoms with Gasteiger partial charge in [0.2, 0.25) is 5.76 Å². The minimum atomic E-state index is -0.418. The van der Waals surface area contributed by atoms with E-state index in [1.807, 2.05) is 31.5 Å².